The van der Waals surface area contributed by atoms with Gasteiger partial charge in [0.2, 0.25) is 10.1 Å². The lowest BCUT2D eigenvalue weighted by atomic mass is 9.99. The third-order valence-electron chi connectivity index (χ3n) is 5.89. The van der Waals surface area contributed by atoms with Crippen molar-refractivity contribution in [2.45, 2.75) is 13.0 Å². The minimum Gasteiger partial charge on any atom is -0.334 e. The number of amides is 1. The van der Waals surface area contributed by atoms with Crippen LogP contribution in [0.15, 0.2) is 77.6 Å². The molecule has 8 heteroatoms. The summed E-state index contributed by atoms with van der Waals surface area (Å²) >= 11 is 1.29. The number of hydrogen-bond acceptors (Lipinski definition) is 6. The largest absolute Gasteiger partial charge is 0.334 e. The maximum atomic E-state index is 13.2. The lowest BCUT2D eigenvalue weighted by Gasteiger charge is -2.29. The predicted molar refractivity (Wildman–Crippen MR) is 129 cm³/mol. The van der Waals surface area contributed by atoms with Gasteiger partial charge in [0, 0.05) is 24.3 Å². The molecule has 0 bridgehead atoms. The molecule has 0 radical (unpaired) electrons. The van der Waals surface area contributed by atoms with Gasteiger partial charge in [0.25, 0.3) is 11.5 Å². The van der Waals surface area contributed by atoms with Crippen molar-refractivity contribution in [3.05, 3.63) is 99.8 Å². The van der Waals surface area contributed by atoms with E-state index in [9.17, 15) is 9.59 Å². The maximum Gasteiger partial charge on any atom is 0.283 e. The summed E-state index contributed by atoms with van der Waals surface area (Å²) in [6.07, 6.45) is 0.841. The van der Waals surface area contributed by atoms with Crippen LogP contribution in [-0.2, 0) is 13.0 Å². The maximum absolute atomic E-state index is 13.2. The number of rotatable bonds is 3. The quantitative estimate of drug-likeness (QED) is 0.442. The molecule has 2 aromatic heterocycles. The van der Waals surface area contributed by atoms with E-state index >= 15 is 0 Å². The van der Waals surface area contributed by atoms with E-state index in [4.69, 9.17) is 0 Å². The van der Waals surface area contributed by atoms with Gasteiger partial charge < -0.3 is 10.2 Å². The number of carbonyl (C=O) groups excluding carboxylic acids is 1. The highest BCUT2D eigenvalue weighted by molar-refractivity contribution is 7.20. The van der Waals surface area contributed by atoms with Gasteiger partial charge in [-0.05, 0) is 47.9 Å². The van der Waals surface area contributed by atoms with Crippen molar-refractivity contribution in [3.63, 3.8) is 0 Å². The second-order valence-corrected chi connectivity index (χ2v) is 8.94. The Kier molecular flexibility index (Phi) is 4.66. The van der Waals surface area contributed by atoms with Crippen LogP contribution >= 0.6 is 11.3 Å². The van der Waals surface area contributed by atoms with Crippen LogP contribution in [0.2, 0.25) is 0 Å². The number of hydrogen-bond donors (Lipinski definition) is 1. The highest BCUT2D eigenvalue weighted by Crippen LogP contribution is 2.24. The molecule has 0 spiro atoms. The first-order valence-electron chi connectivity index (χ1n) is 10.7. The number of nitrogens with one attached hydrogen (secondary N) is 1. The monoisotopic (exact) mass is 453 g/mol. The van der Waals surface area contributed by atoms with E-state index in [0.29, 0.717) is 39.6 Å². The zero-order valence-electron chi connectivity index (χ0n) is 17.6. The third-order valence-corrected chi connectivity index (χ3v) is 6.71. The van der Waals surface area contributed by atoms with Crippen LogP contribution in [0.3, 0.4) is 0 Å². The van der Waals surface area contributed by atoms with Crippen molar-refractivity contribution < 1.29 is 4.79 Å². The normalized spacial score (nSPS) is 13.3. The van der Waals surface area contributed by atoms with Crippen LogP contribution in [-0.4, -0.2) is 31.9 Å². The van der Waals surface area contributed by atoms with E-state index in [0.717, 1.165) is 12.1 Å². The molecule has 3 heterocycles. The molecule has 6 rings (SSSR count). The molecule has 0 unspecified atom stereocenters. The van der Waals surface area contributed by atoms with Gasteiger partial charge in [-0.25, -0.2) is 4.98 Å². The molecule has 1 aliphatic heterocycles. The topological polar surface area (TPSA) is 79.6 Å². The summed E-state index contributed by atoms with van der Waals surface area (Å²) < 4.78 is 1.31. The minimum absolute atomic E-state index is 0.0517. The van der Waals surface area contributed by atoms with Gasteiger partial charge in [0.1, 0.15) is 0 Å². The van der Waals surface area contributed by atoms with Crippen LogP contribution in [0.4, 0.5) is 10.8 Å². The number of benzene rings is 3. The second-order valence-electron chi connectivity index (χ2n) is 7.99. The number of fused-ring (bicyclic) bond motifs is 3. The number of carbonyl (C=O) groups is 1. The Balaban J connectivity index is 1.34. The summed E-state index contributed by atoms with van der Waals surface area (Å²) in [6, 6.07) is 22.9. The molecule has 1 amide bonds. The van der Waals surface area contributed by atoms with Crippen molar-refractivity contribution in [1.82, 2.24) is 19.5 Å². The van der Waals surface area contributed by atoms with Gasteiger partial charge in [-0.3, -0.25) is 9.59 Å². The summed E-state index contributed by atoms with van der Waals surface area (Å²) in [6.45, 7) is 1.26. The average molecular weight is 454 g/mol. The highest BCUT2D eigenvalue weighted by atomic mass is 32.1. The smallest absolute Gasteiger partial charge is 0.283 e. The molecular formula is C25H19N5O2S. The zero-order valence-corrected chi connectivity index (χ0v) is 18.4. The molecular weight excluding hydrogens is 434 g/mol. The first-order chi connectivity index (χ1) is 16.2. The molecule has 0 fully saturated rings. The van der Waals surface area contributed by atoms with Crippen molar-refractivity contribution in [2.24, 2.45) is 0 Å². The number of aromatic nitrogens is 3. The molecule has 5 aromatic rings. The van der Waals surface area contributed by atoms with Gasteiger partial charge in [-0.2, -0.15) is 4.52 Å². The predicted octanol–water partition coefficient (Wildman–Crippen LogP) is 4.25. The molecule has 3 aromatic carbocycles. The van der Waals surface area contributed by atoms with Crippen LogP contribution in [0, 0.1) is 0 Å². The Hall–Kier alpha value is -4.04. The van der Waals surface area contributed by atoms with Crippen LogP contribution in [0.25, 0.3) is 15.9 Å². The molecule has 0 aliphatic carbocycles. The lowest BCUT2D eigenvalue weighted by molar-refractivity contribution is 0.0735. The fourth-order valence-electron chi connectivity index (χ4n) is 4.19. The van der Waals surface area contributed by atoms with Crippen LogP contribution in [0.5, 0.6) is 0 Å². The Morgan fingerprint density at radius 2 is 1.76 bits per heavy atom. The Morgan fingerprint density at radius 3 is 2.61 bits per heavy atom. The molecule has 1 N–H and O–H groups in total. The molecule has 33 heavy (non-hydrogen) atoms. The van der Waals surface area contributed by atoms with Gasteiger partial charge in [0.05, 0.1) is 10.9 Å². The molecule has 0 saturated carbocycles. The Labute approximate surface area is 192 Å². The molecule has 1 aliphatic rings. The van der Waals surface area contributed by atoms with E-state index in [-0.39, 0.29) is 11.5 Å². The van der Waals surface area contributed by atoms with Gasteiger partial charge >= 0.3 is 0 Å². The van der Waals surface area contributed by atoms with E-state index < -0.39 is 0 Å². The third kappa shape index (κ3) is 3.54. The fourth-order valence-corrected chi connectivity index (χ4v) is 5.01. The summed E-state index contributed by atoms with van der Waals surface area (Å²) in [7, 11) is 0. The SMILES string of the molecule is O=C(c1ccc2c(=O)n3nc(Nc4ccccc4)sc3nc2c1)N1CCc2ccccc2C1. The van der Waals surface area contributed by atoms with Crippen molar-refractivity contribution in [3.8, 4) is 0 Å². The molecule has 162 valence electrons. The number of nitrogens with zero attached hydrogens (tertiary/aromatic N) is 4. The number of para-hydroxylation sites is 1. The first-order valence-corrected chi connectivity index (χ1v) is 11.5. The molecule has 0 atom stereocenters. The summed E-state index contributed by atoms with van der Waals surface area (Å²) in [5.41, 5.74) is 4.13. The van der Waals surface area contributed by atoms with Crippen LogP contribution in [0.1, 0.15) is 21.5 Å². The van der Waals surface area contributed by atoms with Crippen LogP contribution < -0.4 is 10.9 Å². The van der Waals surface area contributed by atoms with Gasteiger partial charge in [0.15, 0.2) is 0 Å². The summed E-state index contributed by atoms with van der Waals surface area (Å²) in [5.74, 6) is -0.0517. The van der Waals surface area contributed by atoms with Crippen molar-refractivity contribution in [2.75, 3.05) is 11.9 Å². The molecule has 0 saturated heterocycles. The highest BCUT2D eigenvalue weighted by Gasteiger charge is 2.22. The van der Waals surface area contributed by atoms with Gasteiger partial charge in [-0.15, -0.1) is 5.10 Å². The minimum atomic E-state index is -0.252. The van der Waals surface area contributed by atoms with E-state index in [1.54, 1.807) is 18.2 Å². The fraction of sp³-hybridized carbons (Fsp3) is 0.120. The van der Waals surface area contributed by atoms with E-state index in [2.05, 4.69) is 27.5 Å². The Bertz CT molecular complexity index is 1570. The van der Waals surface area contributed by atoms with E-state index in [1.807, 2.05) is 47.4 Å². The first kappa shape index (κ1) is 19.6. The second kappa shape index (κ2) is 7.83. The lowest BCUT2D eigenvalue weighted by Crippen LogP contribution is -2.35. The van der Waals surface area contributed by atoms with Crippen molar-refractivity contribution in [1.29, 1.82) is 0 Å². The van der Waals surface area contributed by atoms with Gasteiger partial charge in [-0.1, -0.05) is 53.8 Å². The number of anilines is 2. The Morgan fingerprint density at radius 1 is 0.970 bits per heavy atom. The van der Waals surface area contributed by atoms with E-state index in [1.165, 1.54) is 27.0 Å². The van der Waals surface area contributed by atoms with Crippen molar-refractivity contribution >= 4 is 43.9 Å². The summed E-state index contributed by atoms with van der Waals surface area (Å²) in [4.78, 5) is 33.2. The average Bonchev–Trinajstić information content (AvgIpc) is 3.26. The zero-order chi connectivity index (χ0) is 22.4. The molecule has 7 nitrogen and oxygen atoms in total. The standard InChI is InChI=1S/C25H19N5O2S/c31-22(29-13-12-16-6-4-5-7-18(16)15-29)17-10-11-20-21(14-17)27-25-30(23(20)32)28-24(33-25)26-19-8-2-1-3-9-19/h1-11,14H,12-13,15H2,(H,26,28). The summed E-state index contributed by atoms with van der Waals surface area (Å²) in [5, 5.41) is 8.59.